The van der Waals surface area contributed by atoms with E-state index < -0.39 is 11.9 Å². The molecular weight excluding hydrogens is 458 g/mol. The summed E-state index contributed by atoms with van der Waals surface area (Å²) in [5.74, 6) is -0.378. The third kappa shape index (κ3) is 7.70. The molecule has 2 amide bonds. The van der Waals surface area contributed by atoms with Crippen molar-refractivity contribution in [1.29, 1.82) is 0 Å². The van der Waals surface area contributed by atoms with E-state index in [1.807, 2.05) is 26.0 Å². The van der Waals surface area contributed by atoms with Crippen LogP contribution in [0.4, 0.5) is 4.39 Å². The Morgan fingerprint density at radius 1 is 1.13 bits per heavy atom. The van der Waals surface area contributed by atoms with E-state index in [2.05, 4.69) is 5.32 Å². The number of amides is 2. The van der Waals surface area contributed by atoms with Crippen LogP contribution in [0.5, 0.6) is 0 Å². The monoisotopic (exact) mass is 484 g/mol. The molecule has 8 heteroatoms. The maximum Gasteiger partial charge on any atom is 0.242 e. The molecule has 1 N–H and O–H groups in total. The fourth-order valence-corrected chi connectivity index (χ4v) is 4.44. The summed E-state index contributed by atoms with van der Waals surface area (Å²) in [7, 11) is 0. The topological polar surface area (TPSA) is 49.4 Å². The van der Waals surface area contributed by atoms with Gasteiger partial charge in [0.2, 0.25) is 11.8 Å². The van der Waals surface area contributed by atoms with Crippen LogP contribution in [0.1, 0.15) is 37.8 Å². The van der Waals surface area contributed by atoms with E-state index in [1.54, 1.807) is 29.2 Å². The number of carbonyl (C=O) groups is 2. The van der Waals surface area contributed by atoms with E-state index in [4.69, 9.17) is 23.2 Å². The van der Waals surface area contributed by atoms with Crippen LogP contribution in [-0.2, 0) is 21.9 Å². The number of hydrogen-bond acceptors (Lipinski definition) is 3. The minimum absolute atomic E-state index is 0.107. The van der Waals surface area contributed by atoms with Gasteiger partial charge in [0.1, 0.15) is 11.9 Å². The quantitative estimate of drug-likeness (QED) is 0.444. The predicted octanol–water partition coefficient (Wildman–Crippen LogP) is 5.70. The zero-order chi connectivity index (χ0) is 22.8. The Labute approximate surface area is 197 Å². The number of nitrogens with one attached hydrogen (secondary N) is 1. The summed E-state index contributed by atoms with van der Waals surface area (Å²) in [6.07, 6.45) is 1.30. The van der Waals surface area contributed by atoms with Crippen LogP contribution in [0.2, 0.25) is 10.0 Å². The molecule has 2 aromatic carbocycles. The van der Waals surface area contributed by atoms with Gasteiger partial charge in [0.25, 0.3) is 0 Å². The standard InChI is InChI=1S/C23H27Cl2FN2O2S/c1-3-12-27-23(30)21(4-2)28(13-16-8-10-17(24)11-9-16)22(29)15-31-14-18-19(25)6-5-7-20(18)26/h5-11,21H,3-4,12-15H2,1-2H3,(H,27,30)/t21-/m1/s1. The molecule has 0 aromatic heterocycles. The zero-order valence-corrected chi connectivity index (χ0v) is 20.0. The third-order valence-electron chi connectivity index (χ3n) is 4.73. The molecule has 0 saturated carbocycles. The first kappa shape index (κ1) is 25.5. The lowest BCUT2D eigenvalue weighted by Gasteiger charge is -2.30. The highest BCUT2D eigenvalue weighted by molar-refractivity contribution is 7.99. The summed E-state index contributed by atoms with van der Waals surface area (Å²) in [4.78, 5) is 27.4. The molecular formula is C23H27Cl2FN2O2S. The lowest BCUT2D eigenvalue weighted by molar-refractivity contribution is -0.139. The van der Waals surface area contributed by atoms with Crippen molar-refractivity contribution in [2.45, 2.75) is 45.0 Å². The summed E-state index contributed by atoms with van der Waals surface area (Å²) in [5, 5.41) is 3.82. The van der Waals surface area contributed by atoms with Gasteiger partial charge in [0, 0.05) is 34.5 Å². The van der Waals surface area contributed by atoms with Crippen LogP contribution in [0.15, 0.2) is 42.5 Å². The van der Waals surface area contributed by atoms with Crippen molar-refractivity contribution in [2.24, 2.45) is 0 Å². The van der Waals surface area contributed by atoms with Gasteiger partial charge in [-0.1, -0.05) is 55.2 Å². The number of benzene rings is 2. The molecule has 4 nitrogen and oxygen atoms in total. The highest BCUT2D eigenvalue weighted by atomic mass is 35.5. The molecule has 0 unspecified atom stereocenters. The van der Waals surface area contributed by atoms with Gasteiger partial charge in [-0.3, -0.25) is 9.59 Å². The maximum atomic E-state index is 14.0. The molecule has 0 radical (unpaired) electrons. The van der Waals surface area contributed by atoms with E-state index in [-0.39, 0.29) is 29.9 Å². The fraction of sp³-hybridized carbons (Fsp3) is 0.391. The van der Waals surface area contributed by atoms with Crippen LogP contribution in [0, 0.1) is 5.82 Å². The fourth-order valence-electron chi connectivity index (χ4n) is 3.07. The molecule has 0 spiro atoms. The lowest BCUT2D eigenvalue weighted by atomic mass is 10.1. The highest BCUT2D eigenvalue weighted by Crippen LogP contribution is 2.25. The molecule has 0 fully saturated rings. The largest absolute Gasteiger partial charge is 0.354 e. The third-order valence-corrected chi connectivity index (χ3v) is 6.28. The Hall–Kier alpha value is -1.76. The highest BCUT2D eigenvalue weighted by Gasteiger charge is 2.28. The SMILES string of the molecule is CCCNC(=O)[C@@H](CC)N(Cc1ccc(Cl)cc1)C(=O)CSCc1c(F)cccc1Cl. The summed E-state index contributed by atoms with van der Waals surface area (Å²) in [5.41, 5.74) is 1.25. The molecule has 0 aliphatic carbocycles. The second-order valence-electron chi connectivity index (χ2n) is 7.06. The Morgan fingerprint density at radius 2 is 1.84 bits per heavy atom. The van der Waals surface area contributed by atoms with Gasteiger partial charge in [-0.15, -0.1) is 11.8 Å². The number of rotatable bonds is 11. The molecule has 1 atom stereocenters. The first-order valence-electron chi connectivity index (χ1n) is 10.2. The number of thioether (sulfide) groups is 1. The van der Waals surface area contributed by atoms with Gasteiger partial charge < -0.3 is 10.2 Å². The first-order chi connectivity index (χ1) is 14.9. The predicted molar refractivity (Wildman–Crippen MR) is 127 cm³/mol. The van der Waals surface area contributed by atoms with Crippen molar-refractivity contribution in [1.82, 2.24) is 10.2 Å². The van der Waals surface area contributed by atoms with Crippen molar-refractivity contribution in [3.05, 3.63) is 69.5 Å². The van der Waals surface area contributed by atoms with E-state index >= 15 is 0 Å². The second-order valence-corrected chi connectivity index (χ2v) is 8.89. The van der Waals surface area contributed by atoms with Gasteiger partial charge in [-0.2, -0.15) is 0 Å². The molecule has 0 saturated heterocycles. The normalized spacial score (nSPS) is 11.8. The van der Waals surface area contributed by atoms with Gasteiger partial charge in [-0.05, 0) is 42.7 Å². The zero-order valence-electron chi connectivity index (χ0n) is 17.7. The van der Waals surface area contributed by atoms with Gasteiger partial charge >= 0.3 is 0 Å². The smallest absolute Gasteiger partial charge is 0.242 e. The van der Waals surface area contributed by atoms with Crippen LogP contribution in [-0.4, -0.2) is 35.1 Å². The summed E-state index contributed by atoms with van der Waals surface area (Å²) in [6, 6.07) is 11.1. The minimum atomic E-state index is -0.590. The summed E-state index contributed by atoms with van der Waals surface area (Å²) < 4.78 is 14.0. The van der Waals surface area contributed by atoms with Crippen molar-refractivity contribution in [3.8, 4) is 0 Å². The van der Waals surface area contributed by atoms with E-state index in [0.717, 1.165) is 12.0 Å². The van der Waals surface area contributed by atoms with Crippen molar-refractivity contribution in [2.75, 3.05) is 12.3 Å². The van der Waals surface area contributed by atoms with Crippen LogP contribution < -0.4 is 5.32 Å². The number of halogens is 3. The summed E-state index contributed by atoms with van der Waals surface area (Å²) in [6.45, 7) is 4.70. The first-order valence-corrected chi connectivity index (χ1v) is 12.1. The van der Waals surface area contributed by atoms with Crippen molar-refractivity contribution in [3.63, 3.8) is 0 Å². The number of carbonyl (C=O) groups excluding carboxylic acids is 2. The number of hydrogen-bond donors (Lipinski definition) is 1. The van der Waals surface area contributed by atoms with Crippen molar-refractivity contribution < 1.29 is 14.0 Å². The van der Waals surface area contributed by atoms with Crippen LogP contribution in [0.25, 0.3) is 0 Å². The van der Waals surface area contributed by atoms with Crippen LogP contribution >= 0.6 is 35.0 Å². The Bertz CT molecular complexity index is 860. The average molecular weight is 485 g/mol. The molecule has 0 bridgehead atoms. The van der Waals surface area contributed by atoms with E-state index in [0.29, 0.717) is 28.6 Å². The Morgan fingerprint density at radius 3 is 2.45 bits per heavy atom. The Balaban J connectivity index is 2.14. The second kappa shape index (κ2) is 12.9. The Kier molecular flexibility index (Phi) is 10.6. The average Bonchev–Trinajstić information content (AvgIpc) is 2.75. The summed E-state index contributed by atoms with van der Waals surface area (Å²) >= 11 is 13.3. The molecule has 31 heavy (non-hydrogen) atoms. The molecule has 2 aromatic rings. The molecule has 0 aliphatic heterocycles. The minimum Gasteiger partial charge on any atom is -0.354 e. The number of nitrogens with zero attached hydrogens (tertiary/aromatic N) is 1. The van der Waals surface area contributed by atoms with E-state index in [1.165, 1.54) is 17.8 Å². The van der Waals surface area contributed by atoms with Gasteiger partial charge in [-0.25, -0.2) is 4.39 Å². The molecule has 0 aliphatic rings. The van der Waals surface area contributed by atoms with Crippen LogP contribution in [0.3, 0.4) is 0 Å². The van der Waals surface area contributed by atoms with Gasteiger partial charge in [0.05, 0.1) is 5.75 Å². The van der Waals surface area contributed by atoms with Gasteiger partial charge in [0.15, 0.2) is 0 Å². The molecule has 2 rings (SSSR count). The van der Waals surface area contributed by atoms with Crippen molar-refractivity contribution >= 4 is 46.8 Å². The molecule has 168 valence electrons. The molecule has 0 heterocycles. The lowest BCUT2D eigenvalue weighted by Crippen LogP contribution is -2.49. The van der Waals surface area contributed by atoms with E-state index in [9.17, 15) is 14.0 Å². The maximum absolute atomic E-state index is 14.0.